The topological polar surface area (TPSA) is 0 Å². The van der Waals surface area contributed by atoms with E-state index >= 15 is 0 Å². The average molecular weight is 170 g/mol. The van der Waals surface area contributed by atoms with Gasteiger partial charge in [0, 0.05) is 0 Å². The molecule has 1 aliphatic rings. The van der Waals surface area contributed by atoms with E-state index in [4.69, 9.17) is 0 Å². The van der Waals surface area contributed by atoms with E-state index in [0.717, 1.165) is 11.8 Å². The van der Waals surface area contributed by atoms with Crippen LogP contribution in [0.25, 0.3) is 0 Å². The summed E-state index contributed by atoms with van der Waals surface area (Å²) in [7, 11) is 0. The Labute approximate surface area is 78.8 Å². The second-order valence-electron chi connectivity index (χ2n) is 3.95. The molecule has 0 aromatic rings. The van der Waals surface area contributed by atoms with Gasteiger partial charge in [-0.05, 0) is 11.8 Å². The van der Waals surface area contributed by atoms with Gasteiger partial charge in [-0.15, -0.1) is 0 Å². The first-order valence-corrected chi connectivity index (χ1v) is 5.80. The van der Waals surface area contributed by atoms with Crippen molar-refractivity contribution >= 4 is 0 Å². The molecule has 0 nitrogen and oxygen atoms in total. The van der Waals surface area contributed by atoms with Gasteiger partial charge in [0.15, 0.2) is 0 Å². The van der Waals surface area contributed by atoms with Crippen molar-refractivity contribution in [2.24, 2.45) is 11.8 Å². The fourth-order valence-corrected chi connectivity index (χ4v) is 1.86. The molecule has 1 aliphatic carbocycles. The Morgan fingerprint density at radius 1 is 0.667 bits per heavy atom. The molecule has 0 heteroatoms. The molecular formula is C12H26. The number of rotatable bonds is 0. The minimum Gasteiger partial charge on any atom is -0.0683 e. The Balaban J connectivity index is 0.000000561. The van der Waals surface area contributed by atoms with Crippen molar-refractivity contribution in [1.29, 1.82) is 0 Å². The van der Waals surface area contributed by atoms with Crippen molar-refractivity contribution < 1.29 is 0 Å². The second-order valence-corrected chi connectivity index (χ2v) is 3.95. The van der Waals surface area contributed by atoms with Gasteiger partial charge in [-0.25, -0.2) is 0 Å². The summed E-state index contributed by atoms with van der Waals surface area (Å²) in [6.07, 6.45) is 8.87. The molecule has 1 fully saturated rings. The van der Waals surface area contributed by atoms with Crippen LogP contribution in [0.15, 0.2) is 0 Å². The summed E-state index contributed by atoms with van der Waals surface area (Å²) in [5.41, 5.74) is 0. The highest BCUT2D eigenvalue weighted by Crippen LogP contribution is 2.26. The molecule has 0 saturated heterocycles. The Morgan fingerprint density at radius 2 is 1.00 bits per heavy atom. The van der Waals surface area contributed by atoms with E-state index in [-0.39, 0.29) is 0 Å². The van der Waals surface area contributed by atoms with E-state index in [1.807, 2.05) is 13.8 Å². The number of hydrogen-bond acceptors (Lipinski definition) is 0. The number of hydrogen-bond donors (Lipinski definition) is 0. The van der Waals surface area contributed by atoms with Crippen LogP contribution in [0.5, 0.6) is 0 Å². The van der Waals surface area contributed by atoms with Gasteiger partial charge in [0.05, 0.1) is 0 Å². The zero-order valence-corrected chi connectivity index (χ0v) is 9.40. The SMILES string of the molecule is CC.CC1CCCCCCC1C. The van der Waals surface area contributed by atoms with E-state index < -0.39 is 0 Å². The van der Waals surface area contributed by atoms with Crippen LogP contribution in [-0.2, 0) is 0 Å². The zero-order chi connectivity index (χ0) is 9.40. The highest BCUT2D eigenvalue weighted by Gasteiger charge is 2.13. The molecule has 0 aromatic carbocycles. The van der Waals surface area contributed by atoms with Crippen molar-refractivity contribution in [2.45, 2.75) is 66.2 Å². The van der Waals surface area contributed by atoms with E-state index in [1.54, 1.807) is 0 Å². The third-order valence-electron chi connectivity index (χ3n) is 3.04. The van der Waals surface area contributed by atoms with Gasteiger partial charge in [-0.3, -0.25) is 0 Å². The van der Waals surface area contributed by atoms with Gasteiger partial charge in [0.25, 0.3) is 0 Å². The first-order valence-electron chi connectivity index (χ1n) is 5.80. The average Bonchev–Trinajstić information content (AvgIpc) is 2.11. The maximum Gasteiger partial charge on any atom is -0.0417 e. The Kier molecular flexibility index (Phi) is 7.64. The maximum atomic E-state index is 2.41. The Bertz CT molecular complexity index is 74.0. The molecule has 2 atom stereocenters. The quantitative estimate of drug-likeness (QED) is 0.497. The summed E-state index contributed by atoms with van der Waals surface area (Å²) in [5, 5.41) is 0. The summed E-state index contributed by atoms with van der Waals surface area (Å²) >= 11 is 0. The summed E-state index contributed by atoms with van der Waals surface area (Å²) in [4.78, 5) is 0. The fraction of sp³-hybridized carbons (Fsp3) is 1.00. The van der Waals surface area contributed by atoms with Crippen molar-refractivity contribution in [3.05, 3.63) is 0 Å². The van der Waals surface area contributed by atoms with Crippen LogP contribution in [0.3, 0.4) is 0 Å². The van der Waals surface area contributed by atoms with Crippen LogP contribution in [0.4, 0.5) is 0 Å². The smallest absolute Gasteiger partial charge is 0.0417 e. The zero-order valence-electron chi connectivity index (χ0n) is 9.40. The summed E-state index contributed by atoms with van der Waals surface area (Å²) in [6.45, 7) is 8.83. The van der Waals surface area contributed by atoms with Crippen LogP contribution in [-0.4, -0.2) is 0 Å². The first kappa shape index (κ1) is 12.0. The normalized spacial score (nSPS) is 31.0. The Hall–Kier alpha value is 0. The molecule has 1 rings (SSSR count). The van der Waals surface area contributed by atoms with Gasteiger partial charge in [-0.1, -0.05) is 66.2 Å². The molecule has 12 heavy (non-hydrogen) atoms. The Morgan fingerprint density at radius 3 is 1.33 bits per heavy atom. The molecule has 0 aromatic heterocycles. The third kappa shape index (κ3) is 4.79. The predicted octanol–water partition coefficient (Wildman–Crippen LogP) is 4.64. The third-order valence-corrected chi connectivity index (χ3v) is 3.04. The highest BCUT2D eigenvalue weighted by atomic mass is 14.2. The molecule has 0 N–H and O–H groups in total. The minimum atomic E-state index is 0.986. The van der Waals surface area contributed by atoms with E-state index in [2.05, 4.69) is 13.8 Å². The maximum absolute atomic E-state index is 2.41. The van der Waals surface area contributed by atoms with Crippen LogP contribution in [0.1, 0.15) is 66.2 Å². The molecule has 0 aliphatic heterocycles. The van der Waals surface area contributed by atoms with Crippen LogP contribution in [0.2, 0.25) is 0 Å². The lowest BCUT2D eigenvalue weighted by molar-refractivity contribution is 0.301. The van der Waals surface area contributed by atoms with Gasteiger partial charge < -0.3 is 0 Å². The summed E-state index contributed by atoms with van der Waals surface area (Å²) in [6, 6.07) is 0. The molecule has 0 radical (unpaired) electrons. The summed E-state index contributed by atoms with van der Waals surface area (Å²) in [5.74, 6) is 1.97. The molecule has 0 heterocycles. The fourth-order valence-electron chi connectivity index (χ4n) is 1.86. The van der Waals surface area contributed by atoms with E-state index in [9.17, 15) is 0 Å². The molecule has 0 spiro atoms. The van der Waals surface area contributed by atoms with E-state index in [0.29, 0.717) is 0 Å². The first-order chi connectivity index (χ1) is 5.80. The standard InChI is InChI=1S/C10H20.C2H6/c1-9-7-5-3-4-6-8-10(9)2;1-2/h9-10H,3-8H2,1-2H3;1-2H3. The molecule has 74 valence electrons. The van der Waals surface area contributed by atoms with Crippen LogP contribution >= 0.6 is 0 Å². The summed E-state index contributed by atoms with van der Waals surface area (Å²) < 4.78 is 0. The lowest BCUT2D eigenvalue weighted by atomic mass is 9.84. The second kappa shape index (κ2) is 7.64. The van der Waals surface area contributed by atoms with E-state index in [1.165, 1.54) is 38.5 Å². The van der Waals surface area contributed by atoms with Crippen molar-refractivity contribution in [1.82, 2.24) is 0 Å². The molecule has 0 bridgehead atoms. The minimum absolute atomic E-state index is 0.986. The molecule has 1 saturated carbocycles. The van der Waals surface area contributed by atoms with Gasteiger partial charge in [0.2, 0.25) is 0 Å². The van der Waals surface area contributed by atoms with Gasteiger partial charge >= 0.3 is 0 Å². The predicted molar refractivity (Wildman–Crippen MR) is 57.4 cm³/mol. The van der Waals surface area contributed by atoms with Crippen molar-refractivity contribution in [3.8, 4) is 0 Å². The lowest BCUT2D eigenvalue weighted by Gasteiger charge is -2.22. The van der Waals surface area contributed by atoms with Crippen LogP contribution in [0, 0.1) is 11.8 Å². The molecule has 0 amide bonds. The highest BCUT2D eigenvalue weighted by molar-refractivity contribution is 4.65. The lowest BCUT2D eigenvalue weighted by Crippen LogP contribution is -2.09. The van der Waals surface area contributed by atoms with Crippen molar-refractivity contribution in [2.75, 3.05) is 0 Å². The largest absolute Gasteiger partial charge is 0.0683 e. The van der Waals surface area contributed by atoms with Gasteiger partial charge in [0.1, 0.15) is 0 Å². The van der Waals surface area contributed by atoms with Gasteiger partial charge in [-0.2, -0.15) is 0 Å². The van der Waals surface area contributed by atoms with Crippen molar-refractivity contribution in [3.63, 3.8) is 0 Å². The van der Waals surface area contributed by atoms with Crippen LogP contribution < -0.4 is 0 Å². The molecule has 2 unspecified atom stereocenters. The molecular weight excluding hydrogens is 144 g/mol. The monoisotopic (exact) mass is 170 g/mol.